The van der Waals surface area contributed by atoms with E-state index in [1.807, 2.05) is 58.2 Å². The molecular weight excluding hydrogens is 880 g/mol. The third-order valence-corrected chi connectivity index (χ3v) is 10.6. The average Bonchev–Trinajstić information content (AvgIpc) is 3.92. The predicted octanol–water partition coefficient (Wildman–Crippen LogP) is 6.28. The fraction of sp³-hybridized carbons (Fsp3) is 0.400. The van der Waals surface area contributed by atoms with E-state index >= 15 is 0 Å². The number of aliphatic hydroxyl groups is 2. The Labute approximate surface area is 351 Å². The van der Waals surface area contributed by atoms with E-state index in [-0.39, 0.29) is 23.0 Å². The molecule has 0 bridgehead atoms. The fourth-order valence-corrected chi connectivity index (χ4v) is 7.81. The van der Waals surface area contributed by atoms with Crippen LogP contribution in [0.5, 0.6) is 0 Å². The van der Waals surface area contributed by atoms with Crippen LogP contribution in [0.2, 0.25) is 5.28 Å². The maximum atomic E-state index is 12.9. The third-order valence-electron chi connectivity index (χ3n) is 9.45. The molecule has 2 aliphatic carbocycles. The Morgan fingerprint density at radius 1 is 0.789 bits per heavy atom. The van der Waals surface area contributed by atoms with E-state index in [0.717, 1.165) is 67.9 Å². The number of benzene rings is 2. The summed E-state index contributed by atoms with van der Waals surface area (Å²) in [6.45, 7) is 9.75. The number of Topliss-reactive ketones (excluding diaryl/α,β-unsaturated/α-hetero) is 2. The minimum absolute atomic E-state index is 0.121. The van der Waals surface area contributed by atoms with Crippen LogP contribution < -0.4 is 11.1 Å². The van der Waals surface area contributed by atoms with Crippen molar-refractivity contribution in [3.8, 4) is 0 Å². The molecule has 6 aromatic rings. The van der Waals surface area contributed by atoms with Crippen LogP contribution in [0.15, 0.2) is 57.7 Å². The molecule has 300 valence electrons. The summed E-state index contributed by atoms with van der Waals surface area (Å²) in [5.41, 5.74) is 11.4. The standard InChI is InChI=1S/C20H22BrN5O2.C17H14BrClN4O.C3H9NO/c1-3-6-26-10-15-18(23-20(22-9-11(2)27)24-19(15)25-26)17-14-8-13(21)5-4-12(14)7-16(17)28;1-2-5-23-8-12-15(20-17(19)21-16(12)22-23)14-11-7-10(18)4-3-9(11)6-13(14)24;1-3(5)2-4/h4-5,8,10-11,17,27H,3,6-7,9H2,1-2H3,(H,22,24,25);3-4,7-8,14H,2,5-6H2,1H3;3,5H,2,4H2,1H3/t11-,17?;;3-/m0.0/s1. The summed E-state index contributed by atoms with van der Waals surface area (Å²) >= 11 is 13.1. The smallest absolute Gasteiger partial charge is 0.225 e. The van der Waals surface area contributed by atoms with Crippen LogP contribution in [0, 0.1) is 0 Å². The van der Waals surface area contributed by atoms with Gasteiger partial charge in [0.1, 0.15) is 0 Å². The number of carbonyl (C=O) groups is 2. The van der Waals surface area contributed by atoms with Crippen molar-refractivity contribution in [2.24, 2.45) is 5.73 Å². The number of aliphatic hydroxyl groups excluding tert-OH is 2. The van der Waals surface area contributed by atoms with Crippen molar-refractivity contribution < 1.29 is 19.8 Å². The van der Waals surface area contributed by atoms with E-state index in [4.69, 9.17) is 22.4 Å². The quantitative estimate of drug-likeness (QED) is 0.112. The minimum atomic E-state index is -0.537. The Morgan fingerprint density at radius 3 is 1.72 bits per heavy atom. The van der Waals surface area contributed by atoms with Gasteiger partial charge in [0.05, 0.1) is 46.2 Å². The van der Waals surface area contributed by atoms with Crippen LogP contribution in [-0.2, 0) is 35.5 Å². The van der Waals surface area contributed by atoms with Gasteiger partial charge in [-0.15, -0.1) is 0 Å². The lowest BCUT2D eigenvalue weighted by atomic mass is 9.95. The van der Waals surface area contributed by atoms with Crippen molar-refractivity contribution >= 4 is 83.0 Å². The first kappa shape index (κ1) is 42.4. The number of carbonyl (C=O) groups excluding carboxylic acids is 2. The maximum Gasteiger partial charge on any atom is 0.225 e. The lowest BCUT2D eigenvalue weighted by molar-refractivity contribution is -0.119. The molecule has 0 saturated carbocycles. The van der Waals surface area contributed by atoms with Gasteiger partial charge in [-0.05, 0) is 84.8 Å². The molecule has 2 aromatic carbocycles. The van der Waals surface area contributed by atoms with Crippen LogP contribution in [0.3, 0.4) is 0 Å². The van der Waals surface area contributed by atoms with Crippen LogP contribution in [0.25, 0.3) is 22.1 Å². The van der Waals surface area contributed by atoms with Gasteiger partial charge in [0.25, 0.3) is 0 Å². The molecule has 0 saturated heterocycles. The zero-order valence-electron chi connectivity index (χ0n) is 32.1. The molecule has 0 aliphatic heterocycles. The molecule has 5 N–H and O–H groups in total. The van der Waals surface area contributed by atoms with Crippen LogP contribution in [-0.4, -0.2) is 86.6 Å². The molecule has 2 aliphatic rings. The number of aryl methyl sites for hydroxylation is 2. The van der Waals surface area contributed by atoms with Gasteiger partial charge in [0, 0.05) is 60.4 Å². The van der Waals surface area contributed by atoms with Gasteiger partial charge in [-0.3, -0.25) is 19.0 Å². The highest BCUT2D eigenvalue weighted by Crippen LogP contribution is 2.40. The number of halogens is 3. The van der Waals surface area contributed by atoms with Crippen LogP contribution in [0.4, 0.5) is 5.95 Å². The van der Waals surface area contributed by atoms with Gasteiger partial charge < -0.3 is 21.3 Å². The zero-order chi connectivity index (χ0) is 41.0. The van der Waals surface area contributed by atoms with E-state index in [1.54, 1.807) is 13.8 Å². The van der Waals surface area contributed by atoms with E-state index in [0.29, 0.717) is 54.6 Å². The minimum Gasteiger partial charge on any atom is -0.392 e. The monoisotopic (exact) mass is 922 g/mol. The van der Waals surface area contributed by atoms with E-state index in [1.165, 1.54) is 0 Å². The summed E-state index contributed by atoms with van der Waals surface area (Å²) in [7, 11) is 0. The lowest BCUT2D eigenvalue weighted by Gasteiger charge is -2.14. The Hall–Kier alpha value is -4.19. The molecule has 57 heavy (non-hydrogen) atoms. The second-order valence-electron chi connectivity index (χ2n) is 14.2. The summed E-state index contributed by atoms with van der Waals surface area (Å²) in [6.07, 6.45) is 5.69. The number of aromatic nitrogens is 8. The van der Waals surface area contributed by atoms with Crippen LogP contribution >= 0.6 is 43.5 Å². The lowest BCUT2D eigenvalue weighted by Crippen LogP contribution is -2.18. The molecular formula is C40H45Br2ClN10O4. The average molecular weight is 925 g/mol. The first-order valence-corrected chi connectivity index (χ1v) is 20.8. The van der Waals surface area contributed by atoms with Gasteiger partial charge in [-0.25, -0.2) is 9.97 Å². The molecule has 4 aromatic heterocycles. The van der Waals surface area contributed by atoms with E-state index in [2.05, 4.69) is 81.2 Å². The Bertz CT molecular complexity index is 2420. The molecule has 0 spiro atoms. The van der Waals surface area contributed by atoms with Gasteiger partial charge in [0.2, 0.25) is 11.2 Å². The van der Waals surface area contributed by atoms with Crippen molar-refractivity contribution in [2.75, 3.05) is 18.4 Å². The second kappa shape index (κ2) is 18.6. The number of anilines is 1. The Balaban J connectivity index is 0.000000174. The number of fused-ring (bicyclic) bond motifs is 4. The number of nitrogens with one attached hydrogen (secondary N) is 1. The number of hydrogen-bond donors (Lipinski definition) is 4. The van der Waals surface area contributed by atoms with Gasteiger partial charge in [-0.2, -0.15) is 20.2 Å². The first-order chi connectivity index (χ1) is 27.3. The van der Waals surface area contributed by atoms with Crippen LogP contribution in [0.1, 0.15) is 86.0 Å². The molecule has 2 unspecified atom stereocenters. The summed E-state index contributed by atoms with van der Waals surface area (Å²) < 4.78 is 5.56. The predicted molar refractivity (Wildman–Crippen MR) is 227 cm³/mol. The van der Waals surface area contributed by atoms with E-state index in [9.17, 15) is 14.7 Å². The molecule has 17 heteroatoms. The highest BCUT2D eigenvalue weighted by molar-refractivity contribution is 9.10. The maximum absolute atomic E-state index is 12.9. The molecule has 14 nitrogen and oxygen atoms in total. The van der Waals surface area contributed by atoms with E-state index < -0.39 is 17.9 Å². The second-order valence-corrected chi connectivity index (χ2v) is 16.4. The van der Waals surface area contributed by atoms with Gasteiger partial charge >= 0.3 is 0 Å². The Morgan fingerprint density at radius 2 is 1.26 bits per heavy atom. The van der Waals surface area contributed by atoms with Crippen molar-refractivity contribution in [3.63, 3.8) is 0 Å². The SMILES string of the molecule is CCCn1cc2c(C3C(=O)Cc4ccc(Br)cc43)nc(Cl)nc2n1.CCCn1cc2c(C3C(=O)Cc4ccc(Br)cc43)nc(NC[C@H](C)O)nc2n1.C[C@H](O)CN. The first-order valence-electron chi connectivity index (χ1n) is 18.9. The Kier molecular flexibility index (Phi) is 13.8. The number of nitrogens with two attached hydrogens (primary N) is 1. The fourth-order valence-electron chi connectivity index (χ4n) is 6.88. The molecule has 0 radical (unpaired) electrons. The van der Waals surface area contributed by atoms with Gasteiger partial charge in [-0.1, -0.05) is 57.8 Å². The normalized spacial score (nSPS) is 16.8. The highest BCUT2D eigenvalue weighted by atomic mass is 79.9. The van der Waals surface area contributed by atoms with Gasteiger partial charge in [0.15, 0.2) is 22.9 Å². The van der Waals surface area contributed by atoms with Crippen molar-refractivity contribution in [1.82, 2.24) is 39.5 Å². The third kappa shape index (κ3) is 9.75. The largest absolute Gasteiger partial charge is 0.392 e. The number of nitrogens with zero attached hydrogens (tertiary/aromatic N) is 8. The summed E-state index contributed by atoms with van der Waals surface area (Å²) in [5.74, 6) is -0.231. The number of rotatable bonds is 10. The molecule has 0 amide bonds. The van der Waals surface area contributed by atoms with Crippen molar-refractivity contribution in [2.45, 2.75) is 90.5 Å². The summed E-state index contributed by atoms with van der Waals surface area (Å²) in [4.78, 5) is 43.4. The van der Waals surface area contributed by atoms with Crippen molar-refractivity contribution in [1.29, 1.82) is 0 Å². The zero-order valence-corrected chi connectivity index (χ0v) is 36.0. The summed E-state index contributed by atoms with van der Waals surface area (Å²) in [5, 5.41) is 31.6. The summed E-state index contributed by atoms with van der Waals surface area (Å²) in [6, 6.07) is 11.9. The number of hydrogen-bond acceptors (Lipinski definition) is 12. The molecule has 4 atom stereocenters. The molecule has 4 heterocycles. The molecule has 8 rings (SSSR count). The topological polar surface area (TPSA) is 200 Å². The molecule has 0 fully saturated rings. The van der Waals surface area contributed by atoms with Crippen molar-refractivity contribution in [3.05, 3.63) is 96.7 Å². The number of ketones is 2. The highest BCUT2D eigenvalue weighted by Gasteiger charge is 2.36.